The number of nitrogen functional groups attached to an aromatic ring is 1. The van der Waals surface area contributed by atoms with Crippen LogP contribution < -0.4 is 5.73 Å². The first-order valence-corrected chi connectivity index (χ1v) is 4.83. The lowest BCUT2D eigenvalue weighted by Crippen LogP contribution is -1.92. The molecule has 3 heteroatoms. The molecule has 11 heavy (non-hydrogen) atoms. The van der Waals surface area contributed by atoms with Gasteiger partial charge in [-0.3, -0.25) is 0 Å². The molecule has 1 nitrogen and oxygen atoms in total. The summed E-state index contributed by atoms with van der Waals surface area (Å²) < 4.78 is 2.11. The Balaban J connectivity index is 3.46. The van der Waals surface area contributed by atoms with E-state index in [-0.39, 0.29) is 0 Å². The van der Waals surface area contributed by atoms with Gasteiger partial charge in [-0.1, -0.05) is 15.9 Å². The van der Waals surface area contributed by atoms with Crippen molar-refractivity contribution in [2.75, 3.05) is 5.73 Å². The number of benzene rings is 1. The maximum atomic E-state index is 5.72. The maximum absolute atomic E-state index is 5.72. The maximum Gasteiger partial charge on any atom is 0.0464 e. The number of aryl methyl sites for hydroxylation is 1. The van der Waals surface area contributed by atoms with Crippen LogP contribution in [0, 0.1) is 13.8 Å². The second-order valence-electron chi connectivity index (χ2n) is 2.54. The Morgan fingerprint density at radius 1 is 1.18 bits per heavy atom. The van der Waals surface area contributed by atoms with Crippen LogP contribution in [0.4, 0.5) is 5.69 Å². The SMILES string of the molecule is Cc1cc(N)c(Br)c(C)c1Br. The first-order chi connectivity index (χ1) is 5.04. The van der Waals surface area contributed by atoms with E-state index in [2.05, 4.69) is 31.9 Å². The zero-order chi connectivity index (χ0) is 8.59. The lowest BCUT2D eigenvalue weighted by molar-refractivity contribution is 1.32. The largest absolute Gasteiger partial charge is 0.398 e. The number of nitrogens with two attached hydrogens (primary N) is 1. The van der Waals surface area contributed by atoms with Crippen LogP contribution in [-0.4, -0.2) is 0 Å². The molecule has 0 spiro atoms. The van der Waals surface area contributed by atoms with Crippen molar-refractivity contribution in [2.24, 2.45) is 0 Å². The molecule has 0 saturated carbocycles. The van der Waals surface area contributed by atoms with Crippen LogP contribution >= 0.6 is 31.9 Å². The first-order valence-electron chi connectivity index (χ1n) is 3.24. The molecule has 1 rings (SSSR count). The van der Waals surface area contributed by atoms with Gasteiger partial charge in [0.2, 0.25) is 0 Å². The molecule has 0 unspecified atom stereocenters. The minimum absolute atomic E-state index is 0.795. The predicted octanol–water partition coefficient (Wildman–Crippen LogP) is 3.41. The molecule has 0 radical (unpaired) electrons. The summed E-state index contributed by atoms with van der Waals surface area (Å²) in [4.78, 5) is 0. The van der Waals surface area contributed by atoms with E-state index in [0.717, 1.165) is 20.2 Å². The van der Waals surface area contributed by atoms with E-state index >= 15 is 0 Å². The summed E-state index contributed by atoms with van der Waals surface area (Å²) in [6, 6.07) is 1.95. The van der Waals surface area contributed by atoms with Crippen molar-refractivity contribution < 1.29 is 0 Å². The number of halogens is 2. The van der Waals surface area contributed by atoms with Crippen molar-refractivity contribution in [1.29, 1.82) is 0 Å². The molecule has 0 atom stereocenters. The summed E-state index contributed by atoms with van der Waals surface area (Å²) in [7, 11) is 0. The van der Waals surface area contributed by atoms with E-state index in [1.165, 1.54) is 5.56 Å². The summed E-state index contributed by atoms with van der Waals surface area (Å²) >= 11 is 6.89. The fourth-order valence-corrected chi connectivity index (χ4v) is 1.86. The second kappa shape index (κ2) is 3.15. The molecule has 0 amide bonds. The summed E-state index contributed by atoms with van der Waals surface area (Å²) in [5.41, 5.74) is 8.84. The molecule has 1 aromatic rings. The van der Waals surface area contributed by atoms with E-state index in [1.54, 1.807) is 0 Å². The fraction of sp³-hybridized carbons (Fsp3) is 0.250. The Kier molecular flexibility index (Phi) is 2.60. The number of hydrogen-bond acceptors (Lipinski definition) is 1. The zero-order valence-electron chi connectivity index (χ0n) is 6.41. The molecule has 0 aliphatic heterocycles. The predicted molar refractivity (Wildman–Crippen MR) is 55.7 cm³/mol. The number of hydrogen-bond donors (Lipinski definition) is 1. The van der Waals surface area contributed by atoms with Crippen molar-refractivity contribution in [1.82, 2.24) is 0 Å². The monoisotopic (exact) mass is 277 g/mol. The van der Waals surface area contributed by atoms with Crippen LogP contribution in [0.2, 0.25) is 0 Å². The van der Waals surface area contributed by atoms with Crippen LogP contribution in [0.3, 0.4) is 0 Å². The van der Waals surface area contributed by atoms with E-state index in [9.17, 15) is 0 Å². The topological polar surface area (TPSA) is 26.0 Å². The number of rotatable bonds is 0. The van der Waals surface area contributed by atoms with E-state index in [1.807, 2.05) is 19.9 Å². The van der Waals surface area contributed by atoms with Gasteiger partial charge in [-0.15, -0.1) is 0 Å². The summed E-state index contributed by atoms with van der Waals surface area (Å²) in [6.45, 7) is 4.05. The highest BCUT2D eigenvalue weighted by atomic mass is 79.9. The molecule has 1 aromatic carbocycles. The van der Waals surface area contributed by atoms with Crippen molar-refractivity contribution in [2.45, 2.75) is 13.8 Å². The van der Waals surface area contributed by atoms with Crippen LogP contribution in [0.15, 0.2) is 15.0 Å². The molecule has 0 bridgehead atoms. The van der Waals surface area contributed by atoms with Gasteiger partial charge in [0, 0.05) is 14.6 Å². The summed E-state index contributed by atoms with van der Waals surface area (Å²) in [5.74, 6) is 0. The number of anilines is 1. The Hall–Kier alpha value is -0.0200. The Morgan fingerprint density at radius 2 is 1.73 bits per heavy atom. The third-order valence-electron chi connectivity index (χ3n) is 1.63. The van der Waals surface area contributed by atoms with Crippen LogP contribution in [-0.2, 0) is 0 Å². The molecule has 0 aliphatic rings. The van der Waals surface area contributed by atoms with Crippen molar-refractivity contribution >= 4 is 37.5 Å². The molecule has 0 fully saturated rings. The molecular formula is C8H9Br2N. The Morgan fingerprint density at radius 3 is 2.27 bits per heavy atom. The zero-order valence-corrected chi connectivity index (χ0v) is 9.58. The van der Waals surface area contributed by atoms with Crippen molar-refractivity contribution in [3.63, 3.8) is 0 Å². The van der Waals surface area contributed by atoms with Gasteiger partial charge in [0.25, 0.3) is 0 Å². The molecule has 60 valence electrons. The normalized spacial score (nSPS) is 10.2. The molecule has 2 N–H and O–H groups in total. The van der Waals surface area contributed by atoms with E-state index in [4.69, 9.17) is 5.73 Å². The van der Waals surface area contributed by atoms with Gasteiger partial charge >= 0.3 is 0 Å². The standard InChI is InChI=1S/C8H9Br2N/c1-4-3-6(11)8(10)5(2)7(4)9/h3H,11H2,1-2H3. The van der Waals surface area contributed by atoms with Gasteiger partial charge in [-0.2, -0.15) is 0 Å². The summed E-state index contributed by atoms with van der Waals surface area (Å²) in [5, 5.41) is 0. The lowest BCUT2D eigenvalue weighted by Gasteiger charge is -2.07. The highest BCUT2D eigenvalue weighted by molar-refractivity contribution is 9.11. The Labute approximate surface area is 83.2 Å². The molecular weight excluding hydrogens is 270 g/mol. The van der Waals surface area contributed by atoms with Crippen LogP contribution in [0.1, 0.15) is 11.1 Å². The summed E-state index contributed by atoms with van der Waals surface area (Å²) in [6.07, 6.45) is 0. The van der Waals surface area contributed by atoms with Gasteiger partial charge in [0.1, 0.15) is 0 Å². The van der Waals surface area contributed by atoms with Crippen LogP contribution in [0.5, 0.6) is 0 Å². The minimum Gasteiger partial charge on any atom is -0.398 e. The quantitative estimate of drug-likeness (QED) is 0.723. The third-order valence-corrected chi connectivity index (χ3v) is 3.90. The first kappa shape index (κ1) is 9.07. The molecule has 0 saturated heterocycles. The van der Waals surface area contributed by atoms with Gasteiger partial charge in [-0.25, -0.2) is 0 Å². The third kappa shape index (κ3) is 1.59. The smallest absolute Gasteiger partial charge is 0.0464 e. The van der Waals surface area contributed by atoms with Gasteiger partial charge in [-0.05, 0) is 47.0 Å². The highest BCUT2D eigenvalue weighted by Gasteiger charge is 2.05. The Bertz CT molecular complexity index is 268. The average molecular weight is 279 g/mol. The van der Waals surface area contributed by atoms with Crippen molar-refractivity contribution in [3.8, 4) is 0 Å². The molecule has 0 aliphatic carbocycles. The average Bonchev–Trinajstić information content (AvgIpc) is 1.97. The van der Waals surface area contributed by atoms with Gasteiger partial charge < -0.3 is 5.73 Å². The lowest BCUT2D eigenvalue weighted by atomic mass is 10.1. The second-order valence-corrected chi connectivity index (χ2v) is 4.12. The molecule has 0 heterocycles. The van der Waals surface area contributed by atoms with Gasteiger partial charge in [0.05, 0.1) is 0 Å². The minimum atomic E-state index is 0.795. The van der Waals surface area contributed by atoms with Crippen LogP contribution in [0.25, 0.3) is 0 Å². The van der Waals surface area contributed by atoms with E-state index in [0.29, 0.717) is 0 Å². The van der Waals surface area contributed by atoms with E-state index < -0.39 is 0 Å². The highest BCUT2D eigenvalue weighted by Crippen LogP contribution is 2.32. The van der Waals surface area contributed by atoms with Crippen molar-refractivity contribution in [3.05, 3.63) is 26.1 Å². The fourth-order valence-electron chi connectivity index (χ4n) is 0.969. The van der Waals surface area contributed by atoms with Gasteiger partial charge in [0.15, 0.2) is 0 Å². The molecule has 0 aromatic heterocycles.